The van der Waals surface area contributed by atoms with Gasteiger partial charge in [0, 0.05) is 38.5 Å². The van der Waals surface area contributed by atoms with Crippen molar-refractivity contribution < 1.29 is 38.5 Å². The molecule has 120 valence electrons. The number of hydrogen-bond donors (Lipinski definition) is 0. The molecule has 4 aliphatic carbocycles. The van der Waals surface area contributed by atoms with Crippen LogP contribution in [0.5, 0.6) is 0 Å². The second-order valence-corrected chi connectivity index (χ2v) is 7.46. The first-order chi connectivity index (χ1) is 10.6. The maximum absolute atomic E-state index is 11.8. The van der Waals surface area contributed by atoms with Gasteiger partial charge in [-0.3, -0.25) is 9.48 Å². The van der Waals surface area contributed by atoms with Crippen LogP contribution >= 0.6 is 0 Å². The Kier molecular flexibility index (Phi) is 3.33. The summed E-state index contributed by atoms with van der Waals surface area (Å²) in [4.78, 5) is 11.8. The van der Waals surface area contributed by atoms with Crippen LogP contribution in [0.25, 0.3) is 0 Å². The van der Waals surface area contributed by atoms with Gasteiger partial charge in [-0.2, -0.15) is 5.10 Å². The molecule has 23 heavy (non-hydrogen) atoms. The predicted octanol–water partition coefficient (Wildman–Crippen LogP) is 1.55. The zero-order chi connectivity index (χ0) is 15.0. The second-order valence-electron chi connectivity index (χ2n) is 7.46. The number of rotatable bonds is 3. The average molecular weight is 370 g/mol. The van der Waals surface area contributed by atoms with Crippen molar-refractivity contribution in [1.29, 1.82) is 0 Å². The molecule has 0 unspecified atom stereocenters. The van der Waals surface area contributed by atoms with E-state index in [-0.39, 0.29) is 42.2 Å². The number of methoxy groups -OCH3 is 1. The zero-order valence-electron chi connectivity index (χ0n) is 13.4. The minimum atomic E-state index is -0.308. The van der Waals surface area contributed by atoms with Crippen molar-refractivity contribution in [3.05, 3.63) is 18.0 Å². The van der Waals surface area contributed by atoms with Gasteiger partial charge in [-0.05, 0) is 30.7 Å². The SMILES string of the molecule is COC(=O)C12CC(n3cc(C4CC5(C4)OCCO5)cn3)(C1)C2.[Zn]. The number of hydrogen-bond acceptors (Lipinski definition) is 5. The predicted molar refractivity (Wildman–Crippen MR) is 75.1 cm³/mol. The first kappa shape index (κ1) is 15.7. The molecule has 0 radical (unpaired) electrons. The standard InChI is InChI=1S/C16H20N2O4.Zn/c1-20-13(19)14-8-15(9-14,10-14)18-7-12(6-17-18)11-4-16(5-11)21-2-3-22-16;/h6-7,11H,2-5,8-10H2,1H3;. The Balaban J connectivity index is 0.00000135. The fourth-order valence-corrected chi connectivity index (χ4v) is 4.88. The van der Waals surface area contributed by atoms with Crippen molar-refractivity contribution in [1.82, 2.24) is 9.78 Å². The Bertz CT molecular complexity index is 624. The van der Waals surface area contributed by atoms with E-state index in [0.717, 1.165) is 32.1 Å². The van der Waals surface area contributed by atoms with E-state index in [1.54, 1.807) is 0 Å². The van der Waals surface area contributed by atoms with Gasteiger partial charge >= 0.3 is 5.97 Å². The van der Waals surface area contributed by atoms with Crippen molar-refractivity contribution in [3.8, 4) is 0 Å². The molecule has 4 saturated carbocycles. The molecule has 6 nitrogen and oxygen atoms in total. The minimum absolute atomic E-state index is 0. The number of ether oxygens (including phenoxy) is 3. The molecule has 2 bridgehead atoms. The normalized spacial score (nSPS) is 36.6. The molecule has 1 spiro atoms. The van der Waals surface area contributed by atoms with E-state index in [1.165, 1.54) is 12.7 Å². The largest absolute Gasteiger partial charge is 0.469 e. The van der Waals surface area contributed by atoms with Gasteiger partial charge in [-0.1, -0.05) is 0 Å². The third-order valence-corrected chi connectivity index (χ3v) is 6.11. The Labute approximate surface area is 147 Å². The summed E-state index contributed by atoms with van der Waals surface area (Å²) in [6.45, 7) is 1.43. The molecule has 5 fully saturated rings. The Morgan fingerprint density at radius 2 is 1.96 bits per heavy atom. The van der Waals surface area contributed by atoms with Crippen LogP contribution in [0.1, 0.15) is 43.6 Å². The zero-order valence-corrected chi connectivity index (χ0v) is 16.4. The summed E-state index contributed by atoms with van der Waals surface area (Å²) < 4.78 is 18.4. The van der Waals surface area contributed by atoms with Gasteiger partial charge in [-0.15, -0.1) is 0 Å². The third-order valence-electron chi connectivity index (χ3n) is 6.11. The molecule has 7 heteroatoms. The molecule has 2 heterocycles. The van der Waals surface area contributed by atoms with Gasteiger partial charge in [0.15, 0.2) is 5.79 Å². The summed E-state index contributed by atoms with van der Waals surface area (Å²) >= 11 is 0. The van der Waals surface area contributed by atoms with Crippen LogP contribution in [0.2, 0.25) is 0 Å². The molecule has 1 aliphatic heterocycles. The third kappa shape index (κ3) is 1.96. The molecule has 5 aliphatic rings. The van der Waals surface area contributed by atoms with Crippen LogP contribution in [0.15, 0.2) is 12.4 Å². The molecule has 1 saturated heterocycles. The van der Waals surface area contributed by atoms with Crippen molar-refractivity contribution >= 4 is 5.97 Å². The quantitative estimate of drug-likeness (QED) is 0.597. The number of aromatic nitrogens is 2. The topological polar surface area (TPSA) is 62.6 Å². The van der Waals surface area contributed by atoms with Crippen LogP contribution in [0, 0.1) is 5.41 Å². The average Bonchev–Trinajstić information content (AvgIpc) is 3.02. The molecule has 1 aromatic heterocycles. The monoisotopic (exact) mass is 368 g/mol. The summed E-state index contributed by atoms with van der Waals surface area (Å²) in [5, 5.41) is 4.57. The fourth-order valence-electron chi connectivity index (χ4n) is 4.88. The Hall–Kier alpha value is -0.777. The molecule has 0 aromatic carbocycles. The van der Waals surface area contributed by atoms with E-state index < -0.39 is 0 Å². The summed E-state index contributed by atoms with van der Waals surface area (Å²) in [7, 11) is 1.47. The van der Waals surface area contributed by atoms with Gasteiger partial charge in [0.25, 0.3) is 0 Å². The van der Waals surface area contributed by atoms with Crippen LogP contribution in [-0.4, -0.2) is 41.9 Å². The molecule has 0 amide bonds. The van der Waals surface area contributed by atoms with E-state index in [4.69, 9.17) is 14.2 Å². The summed E-state index contributed by atoms with van der Waals surface area (Å²) in [6.07, 6.45) is 8.60. The summed E-state index contributed by atoms with van der Waals surface area (Å²) in [5.74, 6) is 0.116. The van der Waals surface area contributed by atoms with Crippen molar-refractivity contribution in [2.45, 2.75) is 49.3 Å². The first-order valence-corrected chi connectivity index (χ1v) is 8.00. The molecule has 6 rings (SSSR count). The van der Waals surface area contributed by atoms with Crippen molar-refractivity contribution in [3.63, 3.8) is 0 Å². The maximum atomic E-state index is 11.8. The second kappa shape index (κ2) is 4.87. The summed E-state index contributed by atoms with van der Waals surface area (Å²) in [6, 6.07) is 0. The smallest absolute Gasteiger partial charge is 0.312 e. The first-order valence-electron chi connectivity index (χ1n) is 8.00. The van der Waals surface area contributed by atoms with Crippen LogP contribution in [0.4, 0.5) is 0 Å². The van der Waals surface area contributed by atoms with E-state index in [2.05, 4.69) is 16.0 Å². The number of esters is 1. The van der Waals surface area contributed by atoms with Crippen molar-refractivity contribution in [2.75, 3.05) is 20.3 Å². The fraction of sp³-hybridized carbons (Fsp3) is 0.750. The van der Waals surface area contributed by atoms with Gasteiger partial charge in [-0.25, -0.2) is 0 Å². The van der Waals surface area contributed by atoms with Crippen LogP contribution in [0.3, 0.4) is 0 Å². The van der Waals surface area contributed by atoms with E-state index in [0.29, 0.717) is 19.1 Å². The molecular weight excluding hydrogens is 350 g/mol. The van der Waals surface area contributed by atoms with Gasteiger partial charge in [0.05, 0.1) is 37.5 Å². The van der Waals surface area contributed by atoms with E-state index in [1.807, 2.05) is 6.20 Å². The molecule has 0 N–H and O–H groups in total. The Morgan fingerprint density at radius 3 is 2.57 bits per heavy atom. The maximum Gasteiger partial charge on any atom is 0.312 e. The van der Waals surface area contributed by atoms with Crippen LogP contribution in [-0.2, 0) is 44.0 Å². The van der Waals surface area contributed by atoms with Gasteiger partial charge in [0.2, 0.25) is 0 Å². The number of carbonyl (C=O) groups excluding carboxylic acids is 1. The number of carbonyl (C=O) groups is 1. The van der Waals surface area contributed by atoms with Crippen LogP contribution < -0.4 is 0 Å². The van der Waals surface area contributed by atoms with Gasteiger partial charge in [0.1, 0.15) is 0 Å². The molecule has 1 aromatic rings. The van der Waals surface area contributed by atoms with Gasteiger partial charge < -0.3 is 14.2 Å². The van der Waals surface area contributed by atoms with Crippen molar-refractivity contribution in [2.24, 2.45) is 5.41 Å². The molecule has 0 atom stereocenters. The minimum Gasteiger partial charge on any atom is -0.469 e. The number of nitrogens with zero attached hydrogens (tertiary/aromatic N) is 2. The van der Waals surface area contributed by atoms with E-state index in [9.17, 15) is 4.79 Å². The summed E-state index contributed by atoms with van der Waals surface area (Å²) in [5.41, 5.74) is 1.11. The van der Waals surface area contributed by atoms with E-state index >= 15 is 0 Å². The molecular formula is C16H20N2O4Zn. The Morgan fingerprint density at radius 1 is 1.30 bits per heavy atom.